The molecule has 7 rings (SSSR count). The lowest BCUT2D eigenvalue weighted by molar-refractivity contribution is -0.346. The maximum Gasteiger partial charge on any atom is 0.187 e. The highest BCUT2D eigenvalue weighted by Gasteiger charge is 2.72. The molecule has 24 atom stereocenters. The fourth-order valence-electron chi connectivity index (χ4n) is 14.5. The third-order valence-electron chi connectivity index (χ3n) is 18.4. The predicted octanol–water partition coefficient (Wildman–Crippen LogP) is 0.612. The largest absolute Gasteiger partial charge is 0.394 e. The Bertz CT molecular complexity index is 1630. The molecule has 0 amide bonds. The molecule has 0 aromatic heterocycles. The van der Waals surface area contributed by atoms with Gasteiger partial charge in [0.1, 0.15) is 67.1 Å². The lowest BCUT2D eigenvalue weighted by atomic mass is 9.35. The van der Waals surface area contributed by atoms with Gasteiger partial charge < -0.3 is 84.6 Å². The summed E-state index contributed by atoms with van der Waals surface area (Å²) in [6, 6.07) is 0. The van der Waals surface area contributed by atoms with E-state index in [1.807, 2.05) is 20.8 Å². The summed E-state index contributed by atoms with van der Waals surface area (Å²) in [4.78, 5) is 0. The zero-order chi connectivity index (χ0) is 47.1. The van der Waals surface area contributed by atoms with E-state index < -0.39 is 116 Å². The van der Waals surface area contributed by atoms with Crippen molar-refractivity contribution in [3.8, 4) is 0 Å². The van der Waals surface area contributed by atoms with Crippen LogP contribution in [0, 0.1) is 45.3 Å². The Morgan fingerprint density at radius 1 is 0.672 bits per heavy atom. The van der Waals surface area contributed by atoms with E-state index in [9.17, 15) is 56.2 Å². The maximum atomic E-state index is 12.7. The molecule has 3 heterocycles. The third kappa shape index (κ3) is 8.60. The second kappa shape index (κ2) is 18.8. The van der Waals surface area contributed by atoms with Crippen molar-refractivity contribution in [2.45, 2.75) is 217 Å². The van der Waals surface area contributed by atoms with Crippen LogP contribution in [0.25, 0.3) is 0 Å². The number of allylic oxidation sites excluding steroid dienone is 2. The van der Waals surface area contributed by atoms with E-state index in [0.29, 0.717) is 25.7 Å². The van der Waals surface area contributed by atoms with Gasteiger partial charge in [0.05, 0.1) is 37.6 Å². The van der Waals surface area contributed by atoms with Crippen LogP contribution in [0.15, 0.2) is 11.6 Å². The van der Waals surface area contributed by atoms with Gasteiger partial charge in [0, 0.05) is 0 Å². The molecule has 64 heavy (non-hydrogen) atoms. The van der Waals surface area contributed by atoms with E-state index in [1.54, 1.807) is 0 Å². The van der Waals surface area contributed by atoms with E-state index in [0.717, 1.165) is 37.7 Å². The lowest BCUT2D eigenvalue weighted by Crippen LogP contribution is -2.67. The minimum absolute atomic E-state index is 0.149. The first-order valence-electron chi connectivity index (χ1n) is 23.8. The van der Waals surface area contributed by atoms with Crippen molar-refractivity contribution < 1.29 is 84.6 Å². The van der Waals surface area contributed by atoms with Gasteiger partial charge in [-0.05, 0) is 124 Å². The van der Waals surface area contributed by atoms with E-state index in [2.05, 4.69) is 40.7 Å². The average molecular weight is 917 g/mol. The molecule has 0 spiro atoms. The van der Waals surface area contributed by atoms with Crippen LogP contribution in [0.5, 0.6) is 0 Å². The van der Waals surface area contributed by atoms with E-state index in [1.165, 1.54) is 0 Å². The molecular formula is C47H80O17. The molecule has 11 N–H and O–H groups in total. The molecule has 7 fully saturated rings. The monoisotopic (exact) mass is 917 g/mol. The van der Waals surface area contributed by atoms with Crippen LogP contribution in [0.2, 0.25) is 0 Å². The summed E-state index contributed by atoms with van der Waals surface area (Å²) in [5.41, 5.74) is -0.948. The third-order valence-corrected chi connectivity index (χ3v) is 18.4. The zero-order valence-corrected chi connectivity index (χ0v) is 39.0. The summed E-state index contributed by atoms with van der Waals surface area (Å²) in [6.07, 6.45) is -12.4. The normalized spacial score (nSPS) is 52.5. The van der Waals surface area contributed by atoms with Crippen molar-refractivity contribution in [1.29, 1.82) is 0 Å². The zero-order valence-electron chi connectivity index (χ0n) is 39.0. The van der Waals surface area contributed by atoms with Crippen molar-refractivity contribution >= 4 is 0 Å². The van der Waals surface area contributed by atoms with Crippen LogP contribution < -0.4 is 0 Å². The van der Waals surface area contributed by atoms with Crippen LogP contribution >= 0.6 is 0 Å². The van der Waals surface area contributed by atoms with Crippen molar-refractivity contribution in [3.63, 3.8) is 0 Å². The van der Waals surface area contributed by atoms with Crippen LogP contribution in [-0.2, 0) is 28.4 Å². The molecule has 4 saturated carbocycles. The molecule has 17 heteroatoms. The first-order chi connectivity index (χ1) is 29.9. The fourth-order valence-corrected chi connectivity index (χ4v) is 14.5. The molecule has 3 saturated heterocycles. The second-order valence-corrected chi connectivity index (χ2v) is 22.5. The topological polar surface area (TPSA) is 278 Å². The Kier molecular flexibility index (Phi) is 14.9. The van der Waals surface area contributed by atoms with Crippen LogP contribution in [0.1, 0.15) is 113 Å². The van der Waals surface area contributed by atoms with Gasteiger partial charge in [-0.2, -0.15) is 0 Å². The summed E-state index contributed by atoms with van der Waals surface area (Å²) in [6.45, 7) is 16.3. The predicted molar refractivity (Wildman–Crippen MR) is 228 cm³/mol. The average Bonchev–Trinajstić information content (AvgIpc) is 3.62. The van der Waals surface area contributed by atoms with Crippen molar-refractivity contribution in [2.75, 3.05) is 19.8 Å². The first kappa shape index (κ1) is 50.9. The molecule has 0 unspecified atom stereocenters. The number of fused-ring (bicyclic) bond motifs is 5. The molecule has 17 nitrogen and oxygen atoms in total. The molecule has 7 aliphatic rings. The molecule has 4 aliphatic carbocycles. The minimum Gasteiger partial charge on any atom is -0.394 e. The molecule has 0 aromatic carbocycles. The molecule has 0 radical (unpaired) electrons. The molecule has 0 aromatic rings. The lowest BCUT2D eigenvalue weighted by Gasteiger charge is -2.71. The van der Waals surface area contributed by atoms with Gasteiger partial charge in [0.25, 0.3) is 0 Å². The molecular weight excluding hydrogens is 836 g/mol. The Labute approximate surface area is 377 Å². The smallest absolute Gasteiger partial charge is 0.187 e. The van der Waals surface area contributed by atoms with Gasteiger partial charge in [0.2, 0.25) is 0 Å². The van der Waals surface area contributed by atoms with Gasteiger partial charge in [-0.3, -0.25) is 0 Å². The van der Waals surface area contributed by atoms with Gasteiger partial charge in [-0.25, -0.2) is 0 Å². The Morgan fingerprint density at radius 3 is 1.94 bits per heavy atom. The number of aliphatic hydroxyl groups is 11. The number of hydrogen-bond acceptors (Lipinski definition) is 17. The quantitative estimate of drug-likeness (QED) is 0.0946. The van der Waals surface area contributed by atoms with E-state index in [4.69, 9.17) is 28.4 Å². The highest BCUT2D eigenvalue weighted by molar-refractivity contribution is 5.20. The van der Waals surface area contributed by atoms with Crippen molar-refractivity contribution in [3.05, 3.63) is 11.6 Å². The van der Waals surface area contributed by atoms with Crippen LogP contribution in [0.4, 0.5) is 0 Å². The summed E-state index contributed by atoms with van der Waals surface area (Å²) < 4.78 is 36.5. The maximum absolute atomic E-state index is 12.7. The Morgan fingerprint density at radius 2 is 1.28 bits per heavy atom. The standard InChI is InChI=1S/C47H80O17/c1-22(2)10-9-14-47(8,64-42-39(58)36(55)34(53)27(62-42)21-60-40-37(56)32(51)25(50)20-59-40)23-11-16-46(7)31(23)24(49)18-29-44(5)15-13-30(43(3,4)28(44)12-17-45(29,46)6)63-41-38(57)35(54)33(52)26(19-48)61-41/h10,23-42,48-58H,9,11-21H2,1-8H3/t23-,24-,25-,26-,27+,28+,29-,30+,31+,32+,33-,34+,35+,36-,37+,38+,39+,40+,41+,42-,44-,45+,46-,47+/m1/s1. The first-order valence-corrected chi connectivity index (χ1v) is 23.8. The molecule has 0 bridgehead atoms. The van der Waals surface area contributed by atoms with Crippen LogP contribution in [0.3, 0.4) is 0 Å². The van der Waals surface area contributed by atoms with Crippen LogP contribution in [-0.4, -0.2) is 180 Å². The van der Waals surface area contributed by atoms with Gasteiger partial charge in [-0.15, -0.1) is 0 Å². The second-order valence-electron chi connectivity index (χ2n) is 22.5. The highest BCUT2D eigenvalue weighted by atomic mass is 16.7. The number of ether oxygens (including phenoxy) is 6. The summed E-state index contributed by atoms with van der Waals surface area (Å²) in [5.74, 6) is -0.0478. The SMILES string of the molecule is CC(C)=CCC[C@](C)(O[C@H]1O[C@@H](CO[C@@H]2OC[C@@H](O)[C@H](O)[C@@H]2O)[C@H](O)[C@@H](O)[C@@H]1O)[C@@H]1CC[C@]2(C)[C@@H]1[C@H](O)C[C@@H]1[C@]3(C)CC[C@H](O[C@@H]4O[C@H](CO)[C@@H](O)[C@H](O)[C@@H]4O)C(C)(C)[C@@H]3CC[C@@]12C. The van der Waals surface area contributed by atoms with Gasteiger partial charge in [0.15, 0.2) is 18.9 Å². The van der Waals surface area contributed by atoms with Crippen molar-refractivity contribution in [1.82, 2.24) is 0 Å². The summed E-state index contributed by atoms with van der Waals surface area (Å²) >= 11 is 0. The Balaban J connectivity index is 1.11. The number of hydrogen-bond donors (Lipinski definition) is 11. The summed E-state index contributed by atoms with van der Waals surface area (Å²) in [7, 11) is 0. The fraction of sp³-hybridized carbons (Fsp3) is 0.957. The van der Waals surface area contributed by atoms with Gasteiger partial charge in [-0.1, -0.05) is 46.3 Å². The van der Waals surface area contributed by atoms with Crippen molar-refractivity contribution in [2.24, 2.45) is 45.3 Å². The number of rotatable bonds is 12. The molecule has 370 valence electrons. The van der Waals surface area contributed by atoms with E-state index >= 15 is 0 Å². The van der Waals surface area contributed by atoms with E-state index in [-0.39, 0.29) is 52.6 Å². The van der Waals surface area contributed by atoms with Gasteiger partial charge >= 0.3 is 0 Å². The number of aliphatic hydroxyl groups excluding tert-OH is 11. The molecule has 3 aliphatic heterocycles. The Hall–Kier alpha value is -0.940. The minimum atomic E-state index is -1.68. The highest BCUT2D eigenvalue weighted by Crippen LogP contribution is 2.76. The summed E-state index contributed by atoms with van der Waals surface area (Å²) in [5, 5.41) is 118.